The van der Waals surface area contributed by atoms with Crippen molar-refractivity contribution < 1.29 is 24.5 Å². The molecular weight excluding hydrogens is 192 g/mol. The largest absolute Gasteiger partial charge is 0.480 e. The molecule has 0 aromatic carbocycles. The van der Waals surface area contributed by atoms with E-state index in [2.05, 4.69) is 4.74 Å². The number of esters is 1. The highest BCUT2D eigenvalue weighted by molar-refractivity contribution is 5.74. The van der Waals surface area contributed by atoms with Gasteiger partial charge in [0.25, 0.3) is 0 Å². The van der Waals surface area contributed by atoms with E-state index in [0.29, 0.717) is 0 Å². The maximum absolute atomic E-state index is 10.9. The average molecular weight is 206 g/mol. The molecule has 0 bridgehead atoms. The van der Waals surface area contributed by atoms with Crippen molar-refractivity contribution in [3.05, 3.63) is 0 Å². The monoisotopic (exact) mass is 206 g/mol. The number of aliphatic carboxylic acids is 1. The lowest BCUT2D eigenvalue weighted by molar-refractivity contribution is -0.151. The second kappa shape index (κ2) is 4.89. The molecule has 0 unspecified atom stereocenters. The summed E-state index contributed by atoms with van der Waals surface area (Å²) in [7, 11) is 0. The molecule has 7 heteroatoms. The molecule has 0 spiro atoms. The minimum Gasteiger partial charge on any atom is -0.480 e. The maximum Gasteiger partial charge on any atom is 0.324 e. The molecule has 7 nitrogen and oxygen atoms in total. The smallest absolute Gasteiger partial charge is 0.324 e. The van der Waals surface area contributed by atoms with E-state index in [0.717, 1.165) is 0 Å². The van der Waals surface area contributed by atoms with Crippen molar-refractivity contribution in [2.75, 3.05) is 6.61 Å². The first kappa shape index (κ1) is 12.8. The summed E-state index contributed by atoms with van der Waals surface area (Å²) >= 11 is 0. The first-order valence-corrected chi connectivity index (χ1v) is 3.87. The van der Waals surface area contributed by atoms with Gasteiger partial charge in [0.2, 0.25) is 0 Å². The SMILES string of the molecule is C[C@](N)(O)CC(=O)OC[C@H](N)C(=O)O. The fourth-order valence-corrected chi connectivity index (χ4v) is 0.597. The minimum absolute atomic E-state index is 0.417. The van der Waals surface area contributed by atoms with Crippen molar-refractivity contribution in [2.24, 2.45) is 11.5 Å². The number of carbonyl (C=O) groups is 2. The number of rotatable bonds is 5. The highest BCUT2D eigenvalue weighted by Gasteiger charge is 2.21. The Morgan fingerprint density at radius 2 is 2.07 bits per heavy atom. The summed E-state index contributed by atoms with van der Waals surface area (Å²) in [6.45, 7) is 0.787. The molecule has 0 aliphatic heterocycles. The summed E-state index contributed by atoms with van der Waals surface area (Å²) in [5.41, 5.74) is 8.51. The summed E-state index contributed by atoms with van der Waals surface area (Å²) in [5, 5.41) is 17.3. The third-order valence-corrected chi connectivity index (χ3v) is 1.24. The summed E-state index contributed by atoms with van der Waals surface area (Å²) < 4.78 is 4.46. The van der Waals surface area contributed by atoms with Crippen LogP contribution < -0.4 is 11.5 Å². The minimum atomic E-state index is -1.66. The number of hydrogen-bond donors (Lipinski definition) is 4. The van der Waals surface area contributed by atoms with Crippen LogP contribution in [-0.4, -0.2) is 40.5 Å². The van der Waals surface area contributed by atoms with Crippen LogP contribution in [0.5, 0.6) is 0 Å². The van der Waals surface area contributed by atoms with Gasteiger partial charge in [-0.25, -0.2) is 0 Å². The Balaban J connectivity index is 3.81. The first-order chi connectivity index (χ1) is 6.22. The molecule has 0 aliphatic carbocycles. The number of carbonyl (C=O) groups excluding carboxylic acids is 1. The van der Waals surface area contributed by atoms with E-state index in [-0.39, 0.29) is 0 Å². The topological polar surface area (TPSA) is 136 Å². The molecule has 0 rings (SSSR count). The Kier molecular flexibility index (Phi) is 4.48. The molecule has 0 fully saturated rings. The van der Waals surface area contributed by atoms with Crippen LogP contribution in [0.4, 0.5) is 0 Å². The lowest BCUT2D eigenvalue weighted by Gasteiger charge is -2.16. The summed E-state index contributed by atoms with van der Waals surface area (Å²) in [5.74, 6) is -2.06. The average Bonchev–Trinajstić information content (AvgIpc) is 1.96. The van der Waals surface area contributed by atoms with Crippen molar-refractivity contribution in [3.63, 3.8) is 0 Å². The molecule has 0 amide bonds. The Morgan fingerprint density at radius 3 is 2.43 bits per heavy atom. The lowest BCUT2D eigenvalue weighted by Crippen LogP contribution is -2.40. The fraction of sp³-hybridized carbons (Fsp3) is 0.714. The van der Waals surface area contributed by atoms with E-state index >= 15 is 0 Å². The van der Waals surface area contributed by atoms with Crippen molar-refractivity contribution in [2.45, 2.75) is 25.1 Å². The zero-order chi connectivity index (χ0) is 11.4. The molecule has 0 aliphatic rings. The maximum atomic E-state index is 10.9. The summed E-state index contributed by atoms with van der Waals surface area (Å²) in [6.07, 6.45) is -0.417. The third-order valence-electron chi connectivity index (χ3n) is 1.24. The standard InChI is InChI=1S/C7H14N2O5/c1-7(9,13)2-5(10)14-3-4(8)6(11)12/h4,13H,2-3,8-9H2,1H3,(H,11,12)/t4-,7-/m0/s1. The highest BCUT2D eigenvalue weighted by Crippen LogP contribution is 2.01. The molecule has 82 valence electrons. The number of hydrogen-bond acceptors (Lipinski definition) is 6. The van der Waals surface area contributed by atoms with Gasteiger partial charge in [0.15, 0.2) is 0 Å². The molecule has 14 heavy (non-hydrogen) atoms. The van der Waals surface area contributed by atoms with Crippen LogP contribution >= 0.6 is 0 Å². The summed E-state index contributed by atoms with van der Waals surface area (Å²) in [4.78, 5) is 21.1. The Hall–Kier alpha value is -1.18. The molecule has 0 radical (unpaired) electrons. The second-order valence-electron chi connectivity index (χ2n) is 3.16. The van der Waals surface area contributed by atoms with Gasteiger partial charge >= 0.3 is 11.9 Å². The van der Waals surface area contributed by atoms with Gasteiger partial charge in [0.05, 0.1) is 6.42 Å². The molecule has 0 saturated heterocycles. The Morgan fingerprint density at radius 1 is 1.57 bits per heavy atom. The summed E-state index contributed by atoms with van der Waals surface area (Å²) in [6, 6.07) is -1.26. The van der Waals surface area contributed by atoms with Gasteiger partial charge in [0, 0.05) is 0 Å². The Bertz CT molecular complexity index is 223. The molecule has 0 aromatic rings. The second-order valence-corrected chi connectivity index (χ2v) is 3.16. The molecule has 0 heterocycles. The predicted octanol–water partition coefficient (Wildman–Crippen LogP) is -2.00. The molecule has 0 aromatic heterocycles. The lowest BCUT2D eigenvalue weighted by atomic mass is 10.2. The van der Waals surface area contributed by atoms with Crippen LogP contribution in [0.1, 0.15) is 13.3 Å². The van der Waals surface area contributed by atoms with Gasteiger partial charge in [-0.1, -0.05) is 0 Å². The van der Waals surface area contributed by atoms with Gasteiger partial charge in [-0.05, 0) is 6.92 Å². The van der Waals surface area contributed by atoms with Crippen LogP contribution in [-0.2, 0) is 14.3 Å². The van der Waals surface area contributed by atoms with Crippen molar-refractivity contribution >= 4 is 11.9 Å². The molecule has 6 N–H and O–H groups in total. The van der Waals surface area contributed by atoms with Crippen LogP contribution in [0.25, 0.3) is 0 Å². The predicted molar refractivity (Wildman–Crippen MR) is 46.0 cm³/mol. The number of ether oxygens (including phenoxy) is 1. The quantitative estimate of drug-likeness (QED) is 0.301. The van der Waals surface area contributed by atoms with E-state index < -0.39 is 36.7 Å². The highest BCUT2D eigenvalue weighted by atomic mass is 16.5. The first-order valence-electron chi connectivity index (χ1n) is 3.87. The van der Waals surface area contributed by atoms with Gasteiger partial charge in [0.1, 0.15) is 18.4 Å². The van der Waals surface area contributed by atoms with Crippen LogP contribution in [0.15, 0.2) is 0 Å². The van der Waals surface area contributed by atoms with Gasteiger partial charge in [-0.2, -0.15) is 0 Å². The van der Waals surface area contributed by atoms with E-state index in [1.807, 2.05) is 0 Å². The van der Waals surface area contributed by atoms with Crippen molar-refractivity contribution in [1.29, 1.82) is 0 Å². The molecular formula is C7H14N2O5. The third kappa shape index (κ3) is 6.35. The van der Waals surface area contributed by atoms with Crippen molar-refractivity contribution in [3.8, 4) is 0 Å². The van der Waals surface area contributed by atoms with E-state index in [4.69, 9.17) is 21.7 Å². The van der Waals surface area contributed by atoms with Crippen LogP contribution in [0.2, 0.25) is 0 Å². The van der Waals surface area contributed by atoms with Crippen molar-refractivity contribution in [1.82, 2.24) is 0 Å². The van der Waals surface area contributed by atoms with E-state index in [9.17, 15) is 9.59 Å². The Labute approximate surface area is 80.6 Å². The number of carboxylic acid groups (broad SMARTS) is 1. The fourth-order valence-electron chi connectivity index (χ4n) is 0.597. The van der Waals surface area contributed by atoms with Gasteiger partial charge in [-0.3, -0.25) is 9.59 Å². The number of aliphatic hydroxyl groups is 1. The number of carboxylic acids is 1. The zero-order valence-corrected chi connectivity index (χ0v) is 7.77. The number of nitrogens with two attached hydrogens (primary N) is 2. The van der Waals surface area contributed by atoms with Gasteiger partial charge in [-0.15, -0.1) is 0 Å². The molecule has 0 saturated carbocycles. The normalized spacial score (nSPS) is 16.9. The van der Waals surface area contributed by atoms with E-state index in [1.54, 1.807) is 0 Å². The van der Waals surface area contributed by atoms with Crippen LogP contribution in [0, 0.1) is 0 Å². The van der Waals surface area contributed by atoms with Crippen LogP contribution in [0.3, 0.4) is 0 Å². The van der Waals surface area contributed by atoms with E-state index in [1.165, 1.54) is 6.92 Å². The van der Waals surface area contributed by atoms with Gasteiger partial charge < -0.3 is 26.4 Å². The molecule has 2 atom stereocenters. The zero-order valence-electron chi connectivity index (χ0n) is 7.77.